The third-order valence-electron chi connectivity index (χ3n) is 4.11. The Bertz CT molecular complexity index is 1630. The molecule has 0 radical (unpaired) electrons. The summed E-state index contributed by atoms with van der Waals surface area (Å²) in [6.07, 6.45) is -7.93. The van der Waals surface area contributed by atoms with Crippen LogP contribution in [-0.2, 0) is 6.37 Å². The fourth-order valence-electron chi connectivity index (χ4n) is 2.83. The summed E-state index contributed by atoms with van der Waals surface area (Å²) in [7, 11) is 0. The van der Waals surface area contributed by atoms with Crippen LogP contribution in [0.4, 0.5) is 5.69 Å². The van der Waals surface area contributed by atoms with Crippen molar-refractivity contribution in [1.29, 1.82) is 0 Å². The highest BCUT2D eigenvalue weighted by atomic mass is 16.5. The summed E-state index contributed by atoms with van der Waals surface area (Å²) in [6, 6.07) is -5.19. The molecule has 0 unspecified atom stereocenters. The van der Waals surface area contributed by atoms with Crippen LogP contribution in [0.15, 0.2) is 40.8 Å². The molecule has 6 heteroatoms. The minimum Gasteiger partial charge on any atom is -0.502 e. The van der Waals surface area contributed by atoms with Crippen molar-refractivity contribution in [2.24, 2.45) is 0 Å². The molecule has 6 nitrogen and oxygen atoms in total. The zero-order chi connectivity index (χ0) is 31.7. The Kier molecular flexibility index (Phi) is 2.96. The Morgan fingerprint density at radius 2 is 2.30 bits per heavy atom. The van der Waals surface area contributed by atoms with Gasteiger partial charge < -0.3 is 14.6 Å². The third-order valence-corrected chi connectivity index (χ3v) is 4.11. The van der Waals surface area contributed by atoms with E-state index in [1.807, 2.05) is 0 Å². The van der Waals surface area contributed by atoms with E-state index in [4.69, 9.17) is 32.3 Å². The summed E-state index contributed by atoms with van der Waals surface area (Å²) in [5.41, 5.74) is -2.00. The second-order valence-corrected chi connectivity index (χ2v) is 6.60. The van der Waals surface area contributed by atoms with Crippen molar-refractivity contribution in [3.8, 4) is 28.6 Å². The van der Waals surface area contributed by atoms with Crippen molar-refractivity contribution >= 4 is 5.69 Å². The van der Waals surface area contributed by atoms with E-state index >= 15 is 0 Å². The molecule has 30 heavy (non-hydrogen) atoms. The van der Waals surface area contributed by atoms with E-state index in [1.165, 1.54) is 6.92 Å². The first kappa shape index (κ1) is 10.2. The molecule has 3 aromatic rings. The third kappa shape index (κ3) is 3.94. The van der Waals surface area contributed by atoms with E-state index in [0.29, 0.717) is 0 Å². The topological polar surface area (TPSA) is 64.5 Å². The van der Waals surface area contributed by atoms with Crippen molar-refractivity contribution in [2.75, 3.05) is 6.54 Å². The van der Waals surface area contributed by atoms with Crippen LogP contribution in [0.1, 0.15) is 67.1 Å². The molecule has 0 spiro atoms. The van der Waals surface area contributed by atoms with E-state index in [-0.39, 0.29) is 17.0 Å². The van der Waals surface area contributed by atoms with Gasteiger partial charge in [0.15, 0.2) is 0 Å². The smallest absolute Gasteiger partial charge is 0.256 e. The van der Waals surface area contributed by atoms with E-state index in [1.54, 1.807) is 13.8 Å². The number of fused-ring (bicyclic) bond motifs is 1. The molecule has 4 rings (SSSR count). The predicted molar refractivity (Wildman–Crippen MR) is 117 cm³/mol. The number of aromatic nitrogens is 2. The predicted octanol–water partition coefficient (Wildman–Crippen LogP) is 5.73. The molecule has 1 N–H and O–H groups in total. The van der Waals surface area contributed by atoms with Crippen LogP contribution in [0.25, 0.3) is 27.7 Å². The summed E-state index contributed by atoms with van der Waals surface area (Å²) in [6.45, 7) is 11.6. The fourth-order valence-corrected chi connectivity index (χ4v) is 2.83. The van der Waals surface area contributed by atoms with Gasteiger partial charge in [-0.25, -0.2) is 4.85 Å². The first-order valence-corrected chi connectivity index (χ1v) is 9.17. The first-order valence-electron chi connectivity index (χ1n) is 15.2. The summed E-state index contributed by atoms with van der Waals surface area (Å²) >= 11 is 0. The summed E-state index contributed by atoms with van der Waals surface area (Å²) in [5.74, 6) is -1.28. The van der Waals surface area contributed by atoms with Crippen molar-refractivity contribution in [2.45, 2.75) is 52.0 Å². The average molecular weight is 415 g/mol. The number of ether oxygens (including phenoxy) is 1. The van der Waals surface area contributed by atoms with Gasteiger partial charge in [-0.3, -0.25) is 0 Å². The summed E-state index contributed by atoms with van der Waals surface area (Å²) in [5, 5.41) is 6.42. The van der Waals surface area contributed by atoms with Gasteiger partial charge in [-0.05, 0) is 68.8 Å². The molecule has 1 aliphatic rings. The molecular formula is C24H26N4O2. The van der Waals surface area contributed by atoms with Gasteiger partial charge in [0.25, 0.3) is 5.89 Å². The van der Waals surface area contributed by atoms with Crippen LogP contribution >= 0.6 is 0 Å². The van der Waals surface area contributed by atoms with Gasteiger partial charge in [0.05, 0.1) is 19.5 Å². The van der Waals surface area contributed by atoms with Crippen LogP contribution in [0, 0.1) is 6.57 Å². The normalized spacial score (nSPS) is 24.8. The summed E-state index contributed by atoms with van der Waals surface area (Å²) < 4.78 is 112. The Morgan fingerprint density at radius 3 is 3.07 bits per heavy atom. The van der Waals surface area contributed by atoms with Crippen LogP contribution < -0.4 is 10.1 Å². The zero-order valence-corrected chi connectivity index (χ0v) is 16.5. The molecule has 2 aromatic carbocycles. The van der Waals surface area contributed by atoms with Crippen LogP contribution in [0.5, 0.6) is 5.75 Å². The number of rotatable bonds is 7. The van der Waals surface area contributed by atoms with Crippen LogP contribution in [0.3, 0.4) is 0 Å². The number of nitrogens with zero attached hydrogens (tertiary/aromatic N) is 3. The number of hydrogen-bond donors (Lipinski definition) is 1. The Hall–Kier alpha value is -3.17. The molecule has 154 valence electrons. The lowest BCUT2D eigenvalue weighted by atomic mass is 10.0. The monoisotopic (exact) mass is 414 g/mol. The zero-order valence-electron chi connectivity index (χ0n) is 28.5. The standard InChI is InChI=1S/C24H26N4O2/c1-5-13-26-20-11-10-17-18(20)7-6-8-19(17)23-27-24(30-28-23)16-9-12-22(29-15(2)3)21(14-16)25-4/h6-9,12,14-15,20,26H,5,10-11,13H2,1-3H3/t20-/m0/s1/i5D2,6D,7D,8D,9D,10D2,11D2,12D,14D. The Labute approximate surface area is 193 Å². The molecule has 0 amide bonds. The van der Waals surface area contributed by atoms with E-state index in [9.17, 15) is 0 Å². The number of hydrogen-bond acceptors (Lipinski definition) is 5. The molecule has 0 fully saturated rings. The average Bonchev–Trinajstić information content (AvgIpc) is 3.40. The highest BCUT2D eigenvalue weighted by Gasteiger charge is 2.26. The molecule has 1 atom stereocenters. The Morgan fingerprint density at radius 1 is 1.43 bits per heavy atom. The maximum absolute atomic E-state index is 8.70. The highest BCUT2D eigenvalue weighted by Crippen LogP contribution is 2.38. The van der Waals surface area contributed by atoms with Crippen molar-refractivity contribution in [3.63, 3.8) is 0 Å². The second-order valence-electron chi connectivity index (χ2n) is 6.60. The second kappa shape index (κ2) is 8.68. The lowest BCUT2D eigenvalue weighted by Crippen LogP contribution is -2.19. The molecule has 0 aliphatic heterocycles. The maximum Gasteiger partial charge on any atom is 0.256 e. The lowest BCUT2D eigenvalue weighted by molar-refractivity contribution is 0.244. The quantitative estimate of drug-likeness (QED) is 0.500. The van der Waals surface area contributed by atoms with Gasteiger partial charge in [0.2, 0.25) is 11.5 Å². The van der Waals surface area contributed by atoms with E-state index in [2.05, 4.69) is 20.3 Å². The minimum absolute atomic E-state index is 0.264. The van der Waals surface area contributed by atoms with E-state index < -0.39 is 102 Å². The molecular weight excluding hydrogens is 376 g/mol. The van der Waals surface area contributed by atoms with Gasteiger partial charge in [-0.2, -0.15) is 4.98 Å². The molecule has 0 saturated carbocycles. The van der Waals surface area contributed by atoms with E-state index in [0.717, 1.165) is 0 Å². The number of nitrogens with one attached hydrogen (secondary N) is 1. The molecule has 1 aromatic heterocycles. The lowest BCUT2D eigenvalue weighted by Gasteiger charge is -2.13. The first-order chi connectivity index (χ1) is 19.3. The van der Waals surface area contributed by atoms with Gasteiger partial charge in [0.1, 0.15) is 5.75 Å². The highest BCUT2D eigenvalue weighted by molar-refractivity contribution is 5.70. The van der Waals surface area contributed by atoms with Crippen LogP contribution in [0.2, 0.25) is 0 Å². The van der Waals surface area contributed by atoms with Crippen molar-refractivity contribution in [3.05, 3.63) is 58.8 Å². The van der Waals surface area contributed by atoms with Gasteiger partial charge in [-0.1, -0.05) is 30.2 Å². The van der Waals surface area contributed by atoms with Gasteiger partial charge >= 0.3 is 0 Å². The number of benzene rings is 2. The summed E-state index contributed by atoms with van der Waals surface area (Å²) in [4.78, 5) is 7.41. The van der Waals surface area contributed by atoms with Crippen molar-refractivity contribution < 1.29 is 25.7 Å². The van der Waals surface area contributed by atoms with Crippen molar-refractivity contribution in [1.82, 2.24) is 15.5 Å². The maximum atomic E-state index is 8.70. The Balaban J connectivity index is 1.97. The van der Waals surface area contributed by atoms with Gasteiger partial charge in [-0.15, -0.1) is 0 Å². The molecule has 0 bridgehead atoms. The SMILES string of the molecule is [2H]c1c([2H])c(-c2noc(-c3c([2H])c([2H])c(OC(C)C)c([N+]#[C-])c3[2H])n2)c2c(c1[2H])[C@@H](NCC([2H])([2H])C)C([2H])([2H])C2([2H])[2H]. The molecule has 1 aliphatic carbocycles. The fraction of sp³-hybridized carbons (Fsp3) is 0.375. The molecule has 0 saturated heterocycles. The van der Waals surface area contributed by atoms with Crippen LogP contribution in [-0.4, -0.2) is 22.8 Å². The minimum atomic E-state index is -2.88. The largest absolute Gasteiger partial charge is 0.502 e. The molecule has 1 heterocycles. The van der Waals surface area contributed by atoms with Gasteiger partial charge in [0, 0.05) is 26.8 Å².